The lowest BCUT2D eigenvalue weighted by molar-refractivity contribution is -0.132. The van der Waals surface area contributed by atoms with Crippen LogP contribution in [0.4, 0.5) is 0 Å². The summed E-state index contributed by atoms with van der Waals surface area (Å²) in [6.07, 6.45) is 3.09. The van der Waals surface area contributed by atoms with E-state index in [4.69, 9.17) is 0 Å². The molecule has 2 rings (SSSR count). The molecule has 0 aliphatic carbocycles. The Morgan fingerprint density at radius 1 is 1.28 bits per heavy atom. The molecule has 3 heteroatoms. The summed E-state index contributed by atoms with van der Waals surface area (Å²) in [5.41, 5.74) is 2.61. The minimum Gasteiger partial charge on any atom is -0.337 e. The van der Waals surface area contributed by atoms with E-state index in [0.29, 0.717) is 6.54 Å². The van der Waals surface area contributed by atoms with Crippen molar-refractivity contribution in [2.45, 2.75) is 24.6 Å². The molecule has 2 nitrogen and oxygen atoms in total. The largest absolute Gasteiger partial charge is 0.337 e. The lowest BCUT2D eigenvalue weighted by atomic mass is 9.99. The second-order valence-electron chi connectivity index (χ2n) is 5.07. The highest BCUT2D eigenvalue weighted by molar-refractivity contribution is 9.10. The van der Waals surface area contributed by atoms with Crippen LogP contribution in [-0.4, -0.2) is 28.2 Å². The van der Waals surface area contributed by atoms with E-state index in [0.717, 1.165) is 13.0 Å². The van der Waals surface area contributed by atoms with Crippen LogP contribution < -0.4 is 0 Å². The van der Waals surface area contributed by atoms with E-state index in [1.807, 2.05) is 24.8 Å². The van der Waals surface area contributed by atoms with Crippen LogP contribution in [-0.2, 0) is 4.79 Å². The van der Waals surface area contributed by atoms with Crippen LogP contribution >= 0.6 is 15.9 Å². The van der Waals surface area contributed by atoms with Crippen molar-refractivity contribution >= 4 is 27.4 Å². The highest BCUT2D eigenvalue weighted by atomic mass is 79.9. The summed E-state index contributed by atoms with van der Waals surface area (Å²) in [5.74, 6) is 0.158. The van der Waals surface area contributed by atoms with Crippen molar-refractivity contribution in [2.24, 2.45) is 0 Å². The molecule has 1 aromatic carbocycles. The first-order chi connectivity index (χ1) is 8.48. The number of benzene rings is 1. The van der Waals surface area contributed by atoms with Gasteiger partial charge in [0, 0.05) is 13.1 Å². The highest BCUT2D eigenvalue weighted by Gasteiger charge is 2.29. The van der Waals surface area contributed by atoms with Crippen LogP contribution in [0.1, 0.15) is 25.8 Å². The topological polar surface area (TPSA) is 20.3 Å². The molecule has 0 saturated carbocycles. The molecule has 96 valence electrons. The molecular formula is C15H18BrNO. The van der Waals surface area contributed by atoms with Gasteiger partial charge < -0.3 is 4.90 Å². The van der Waals surface area contributed by atoms with Gasteiger partial charge in [-0.3, -0.25) is 4.79 Å². The summed E-state index contributed by atoms with van der Waals surface area (Å²) in [7, 11) is 0. The minimum absolute atomic E-state index is 0.158. The van der Waals surface area contributed by atoms with E-state index in [-0.39, 0.29) is 5.91 Å². The van der Waals surface area contributed by atoms with Crippen molar-refractivity contribution < 1.29 is 4.79 Å². The van der Waals surface area contributed by atoms with Crippen molar-refractivity contribution in [3.8, 4) is 0 Å². The average Bonchev–Trinajstić information content (AvgIpc) is 2.38. The molecule has 1 aliphatic rings. The third-order valence-electron chi connectivity index (χ3n) is 3.15. The smallest absolute Gasteiger partial charge is 0.239 e. The quantitative estimate of drug-likeness (QED) is 0.766. The van der Waals surface area contributed by atoms with Gasteiger partial charge >= 0.3 is 0 Å². The van der Waals surface area contributed by atoms with Crippen molar-refractivity contribution in [3.05, 3.63) is 42.0 Å². The second-order valence-corrected chi connectivity index (χ2v) is 7.05. The van der Waals surface area contributed by atoms with Gasteiger partial charge in [0.05, 0.1) is 4.32 Å². The van der Waals surface area contributed by atoms with Crippen molar-refractivity contribution in [1.29, 1.82) is 0 Å². The van der Waals surface area contributed by atoms with E-state index in [1.54, 1.807) is 0 Å². The zero-order chi connectivity index (χ0) is 13.2. The molecule has 0 fully saturated rings. The molecular weight excluding hydrogens is 290 g/mol. The Kier molecular flexibility index (Phi) is 3.91. The number of alkyl halides is 1. The van der Waals surface area contributed by atoms with Gasteiger partial charge in [-0.15, -0.1) is 0 Å². The molecule has 0 aromatic heterocycles. The van der Waals surface area contributed by atoms with Crippen LogP contribution in [0.5, 0.6) is 0 Å². The maximum atomic E-state index is 12.1. The monoisotopic (exact) mass is 307 g/mol. The van der Waals surface area contributed by atoms with Crippen molar-refractivity contribution in [1.82, 2.24) is 4.90 Å². The molecule has 0 spiro atoms. The zero-order valence-electron chi connectivity index (χ0n) is 10.8. The number of carbonyl (C=O) groups excluding carboxylic acids is 1. The maximum Gasteiger partial charge on any atom is 0.239 e. The SMILES string of the molecule is CC(C)(Br)C(=O)N1CC=C(c2ccccc2)CC1. The van der Waals surface area contributed by atoms with E-state index in [1.165, 1.54) is 11.1 Å². The van der Waals surface area contributed by atoms with Crippen LogP contribution in [0, 0.1) is 0 Å². The first-order valence-electron chi connectivity index (χ1n) is 6.21. The Bertz CT molecular complexity index is 459. The van der Waals surface area contributed by atoms with Gasteiger partial charge in [0.25, 0.3) is 0 Å². The molecule has 1 heterocycles. The summed E-state index contributed by atoms with van der Waals surface area (Å²) >= 11 is 3.43. The van der Waals surface area contributed by atoms with Gasteiger partial charge in [-0.25, -0.2) is 0 Å². The van der Waals surface area contributed by atoms with Crippen LogP contribution in [0.2, 0.25) is 0 Å². The summed E-state index contributed by atoms with van der Waals surface area (Å²) in [5, 5.41) is 0. The van der Waals surface area contributed by atoms with E-state index >= 15 is 0 Å². The molecule has 0 N–H and O–H groups in total. The maximum absolute atomic E-state index is 12.1. The molecule has 0 bridgehead atoms. The van der Waals surface area contributed by atoms with Crippen molar-refractivity contribution in [3.63, 3.8) is 0 Å². The third-order valence-corrected chi connectivity index (χ3v) is 3.49. The van der Waals surface area contributed by atoms with E-state index in [9.17, 15) is 4.79 Å². The fourth-order valence-corrected chi connectivity index (χ4v) is 2.39. The summed E-state index contributed by atoms with van der Waals surface area (Å²) in [6.45, 7) is 5.30. The van der Waals surface area contributed by atoms with Crippen LogP contribution in [0.15, 0.2) is 36.4 Å². The predicted octanol–water partition coefficient (Wildman–Crippen LogP) is 3.48. The van der Waals surface area contributed by atoms with E-state index in [2.05, 4.69) is 46.3 Å². The molecule has 1 amide bonds. The number of hydrogen-bond donors (Lipinski definition) is 0. The number of amides is 1. The summed E-state index contributed by atoms with van der Waals surface area (Å²) in [6, 6.07) is 10.4. The van der Waals surface area contributed by atoms with Crippen LogP contribution in [0.25, 0.3) is 5.57 Å². The average molecular weight is 308 g/mol. The standard InChI is InChI=1S/C15H18BrNO/c1-15(2,16)14(18)17-10-8-13(9-11-17)12-6-4-3-5-7-12/h3-8H,9-11H2,1-2H3. The van der Waals surface area contributed by atoms with Gasteiger partial charge in [-0.2, -0.15) is 0 Å². The fraction of sp³-hybridized carbons (Fsp3) is 0.400. The number of carbonyl (C=O) groups is 1. The molecule has 0 unspecified atom stereocenters. The lowest BCUT2D eigenvalue weighted by Gasteiger charge is -2.31. The number of rotatable bonds is 2. The lowest BCUT2D eigenvalue weighted by Crippen LogP contribution is -2.43. The van der Waals surface area contributed by atoms with Crippen molar-refractivity contribution in [2.75, 3.05) is 13.1 Å². The summed E-state index contributed by atoms with van der Waals surface area (Å²) in [4.78, 5) is 14.0. The predicted molar refractivity (Wildman–Crippen MR) is 78.6 cm³/mol. The van der Waals surface area contributed by atoms with Gasteiger partial charge in [0.15, 0.2) is 0 Å². The van der Waals surface area contributed by atoms with Crippen LogP contribution in [0.3, 0.4) is 0 Å². The Morgan fingerprint density at radius 3 is 2.44 bits per heavy atom. The minimum atomic E-state index is -0.467. The van der Waals surface area contributed by atoms with Gasteiger partial charge in [-0.05, 0) is 31.4 Å². The Hall–Kier alpha value is -1.09. The van der Waals surface area contributed by atoms with E-state index < -0.39 is 4.32 Å². The zero-order valence-corrected chi connectivity index (χ0v) is 12.4. The number of nitrogens with zero attached hydrogens (tertiary/aromatic N) is 1. The second kappa shape index (κ2) is 5.27. The van der Waals surface area contributed by atoms with Gasteiger partial charge in [0.1, 0.15) is 0 Å². The first kappa shape index (κ1) is 13.3. The highest BCUT2D eigenvalue weighted by Crippen LogP contribution is 2.25. The summed E-state index contributed by atoms with van der Waals surface area (Å²) < 4.78 is -0.467. The van der Waals surface area contributed by atoms with Gasteiger partial charge in [0.2, 0.25) is 5.91 Å². The molecule has 18 heavy (non-hydrogen) atoms. The third kappa shape index (κ3) is 3.02. The number of hydrogen-bond acceptors (Lipinski definition) is 1. The fourth-order valence-electron chi connectivity index (χ4n) is 2.14. The molecule has 0 atom stereocenters. The molecule has 1 aliphatic heterocycles. The molecule has 0 saturated heterocycles. The molecule has 0 radical (unpaired) electrons. The Balaban J connectivity index is 2.07. The normalized spacial score (nSPS) is 16.4. The Morgan fingerprint density at radius 2 is 1.94 bits per heavy atom. The Labute approximate surface area is 117 Å². The molecule has 1 aromatic rings. The number of halogens is 1. The first-order valence-corrected chi connectivity index (χ1v) is 7.00. The van der Waals surface area contributed by atoms with Gasteiger partial charge in [-0.1, -0.05) is 52.3 Å².